The highest BCUT2D eigenvalue weighted by atomic mass is 32.2. The van der Waals surface area contributed by atoms with Crippen LogP contribution in [-0.4, -0.2) is 50.4 Å². The average molecular weight is 286 g/mol. The lowest BCUT2D eigenvalue weighted by atomic mass is 10.1. The minimum atomic E-state index is -3.94. The minimum Gasteiger partial charge on any atom is -0.480 e. The third kappa shape index (κ3) is 5.03. The summed E-state index contributed by atoms with van der Waals surface area (Å²) in [6.07, 6.45) is 0. The number of aliphatic carboxylic acids is 1. The van der Waals surface area contributed by atoms with Crippen LogP contribution < -0.4 is 0 Å². The maximum Gasteiger partial charge on any atom is 0.322 e. The first-order chi connectivity index (χ1) is 7.53. The summed E-state index contributed by atoms with van der Waals surface area (Å²) in [4.78, 5) is 10.9. The van der Waals surface area contributed by atoms with Gasteiger partial charge in [0, 0.05) is 5.75 Å². The average Bonchev–Trinajstić information content (AvgIpc) is 2.13. The quantitative estimate of drug-likeness (QED) is 0.703. The van der Waals surface area contributed by atoms with Crippen LogP contribution in [0.5, 0.6) is 0 Å². The molecule has 0 heterocycles. The van der Waals surface area contributed by atoms with E-state index < -0.39 is 48.3 Å². The minimum absolute atomic E-state index is 0.151. The van der Waals surface area contributed by atoms with Crippen molar-refractivity contribution in [3.63, 3.8) is 0 Å². The summed E-state index contributed by atoms with van der Waals surface area (Å²) in [5, 5.41) is 7.29. The molecule has 0 saturated carbocycles. The summed E-state index contributed by atoms with van der Waals surface area (Å²) in [6.45, 7) is 4.37. The zero-order valence-corrected chi connectivity index (χ0v) is 11.7. The molecule has 1 N–H and O–H groups in total. The molecule has 0 aromatic heterocycles. The van der Waals surface area contributed by atoms with E-state index in [9.17, 15) is 21.6 Å². The Bertz CT molecular complexity index is 460. The monoisotopic (exact) mass is 286 g/mol. The lowest BCUT2D eigenvalue weighted by Gasteiger charge is -2.16. The smallest absolute Gasteiger partial charge is 0.322 e. The predicted molar refractivity (Wildman–Crippen MR) is 64.4 cm³/mol. The molecule has 0 spiro atoms. The van der Waals surface area contributed by atoms with Crippen LogP contribution in [-0.2, 0) is 24.5 Å². The van der Waals surface area contributed by atoms with Gasteiger partial charge in [0.2, 0.25) is 0 Å². The van der Waals surface area contributed by atoms with E-state index in [2.05, 4.69) is 0 Å². The Kier molecular flexibility index (Phi) is 5.60. The molecule has 1 atom stereocenters. The maximum atomic E-state index is 11.7. The normalized spacial score (nSPS) is 14.8. The number of sulfone groups is 2. The molecule has 0 fully saturated rings. The van der Waals surface area contributed by atoms with Crippen molar-refractivity contribution in [2.75, 3.05) is 17.3 Å². The van der Waals surface area contributed by atoms with Gasteiger partial charge in [-0.15, -0.1) is 0 Å². The Hall–Kier alpha value is -0.630. The fraction of sp³-hybridized carbons (Fsp3) is 0.889. The summed E-state index contributed by atoms with van der Waals surface area (Å²) in [5.74, 6) is -3.35. The van der Waals surface area contributed by atoms with E-state index in [0.717, 1.165) is 0 Å². The Morgan fingerprint density at radius 3 is 1.88 bits per heavy atom. The number of carbonyl (C=O) groups is 1. The summed E-state index contributed by atoms with van der Waals surface area (Å²) in [5.41, 5.74) is 0. The zero-order valence-electron chi connectivity index (χ0n) is 10.1. The highest BCUT2D eigenvalue weighted by Crippen LogP contribution is 2.14. The van der Waals surface area contributed by atoms with Crippen molar-refractivity contribution in [3.8, 4) is 0 Å². The molecule has 0 aliphatic rings. The number of hydrogen-bond acceptors (Lipinski definition) is 5. The lowest BCUT2D eigenvalue weighted by molar-refractivity contribution is -0.137. The van der Waals surface area contributed by atoms with Crippen molar-refractivity contribution >= 4 is 25.6 Å². The molecule has 17 heavy (non-hydrogen) atoms. The molecular weight excluding hydrogens is 268 g/mol. The van der Waals surface area contributed by atoms with Gasteiger partial charge in [-0.25, -0.2) is 16.8 Å². The van der Waals surface area contributed by atoms with Crippen LogP contribution in [0.15, 0.2) is 0 Å². The van der Waals surface area contributed by atoms with Gasteiger partial charge in [0.1, 0.15) is 0 Å². The molecule has 0 rings (SSSR count). The van der Waals surface area contributed by atoms with Gasteiger partial charge >= 0.3 is 5.97 Å². The van der Waals surface area contributed by atoms with E-state index in [1.165, 1.54) is 20.8 Å². The second-order valence-electron chi connectivity index (χ2n) is 4.11. The number of carboxylic acid groups (broad SMARTS) is 1. The molecule has 0 amide bonds. The van der Waals surface area contributed by atoms with Crippen LogP contribution in [0.4, 0.5) is 0 Å². The molecule has 102 valence electrons. The third-order valence-electron chi connectivity index (χ3n) is 2.35. The topological polar surface area (TPSA) is 106 Å². The first-order valence-corrected chi connectivity index (χ1v) is 8.72. The van der Waals surface area contributed by atoms with Crippen LogP contribution in [0.3, 0.4) is 0 Å². The second-order valence-corrected chi connectivity index (χ2v) is 8.82. The van der Waals surface area contributed by atoms with Gasteiger partial charge in [0.15, 0.2) is 24.9 Å². The van der Waals surface area contributed by atoms with Gasteiger partial charge in [0.25, 0.3) is 0 Å². The molecule has 0 aliphatic carbocycles. The van der Waals surface area contributed by atoms with Gasteiger partial charge < -0.3 is 5.11 Å². The van der Waals surface area contributed by atoms with Crippen LogP contribution in [0.1, 0.15) is 20.8 Å². The van der Waals surface area contributed by atoms with E-state index in [4.69, 9.17) is 5.11 Å². The molecule has 0 aromatic carbocycles. The lowest BCUT2D eigenvalue weighted by Crippen LogP contribution is -2.38. The zero-order chi connectivity index (χ0) is 13.9. The molecule has 0 bridgehead atoms. The Morgan fingerprint density at radius 1 is 1.12 bits per heavy atom. The van der Waals surface area contributed by atoms with Crippen molar-refractivity contribution in [2.24, 2.45) is 5.92 Å². The summed E-state index contributed by atoms with van der Waals surface area (Å²) in [6, 6.07) is 0. The van der Waals surface area contributed by atoms with Crippen molar-refractivity contribution in [1.29, 1.82) is 0 Å². The van der Waals surface area contributed by atoms with Crippen molar-refractivity contribution in [1.82, 2.24) is 0 Å². The fourth-order valence-electron chi connectivity index (χ4n) is 1.37. The van der Waals surface area contributed by atoms with E-state index in [0.29, 0.717) is 0 Å². The van der Waals surface area contributed by atoms with Crippen LogP contribution >= 0.6 is 0 Å². The van der Waals surface area contributed by atoms with Gasteiger partial charge in [-0.2, -0.15) is 0 Å². The molecule has 0 radical (unpaired) electrons. The Balaban J connectivity index is 4.97. The first kappa shape index (κ1) is 16.4. The van der Waals surface area contributed by atoms with E-state index in [1.54, 1.807) is 0 Å². The predicted octanol–water partition coefficient (Wildman–Crippen LogP) is -0.0549. The molecule has 8 heteroatoms. The van der Waals surface area contributed by atoms with E-state index in [1.807, 2.05) is 0 Å². The van der Waals surface area contributed by atoms with Crippen molar-refractivity contribution < 1.29 is 26.7 Å². The maximum absolute atomic E-state index is 11.7. The summed E-state index contributed by atoms with van der Waals surface area (Å²) < 4.78 is 45.9. The second kappa shape index (κ2) is 5.81. The molecular formula is C9H18O6S2. The number of hydrogen-bond donors (Lipinski definition) is 1. The fourth-order valence-corrected chi connectivity index (χ4v) is 4.99. The third-order valence-corrected chi connectivity index (χ3v) is 6.61. The molecule has 0 aliphatic heterocycles. The van der Waals surface area contributed by atoms with Gasteiger partial charge in [-0.3, -0.25) is 4.79 Å². The first-order valence-electron chi connectivity index (χ1n) is 5.18. The molecule has 0 aromatic rings. The Labute approximate surface area is 102 Å². The highest BCUT2D eigenvalue weighted by Gasteiger charge is 2.35. The number of carboxylic acids is 1. The van der Waals surface area contributed by atoms with Gasteiger partial charge in [-0.05, 0) is 5.92 Å². The molecule has 1 unspecified atom stereocenters. The standard InChI is InChI=1S/C9H18O6S2/c1-4-16(12,13)5-6-17(14,15)8(7(2)3)9(10)11/h7-8H,4-6H2,1-3H3,(H,10,11). The SMILES string of the molecule is CCS(=O)(=O)CCS(=O)(=O)C(C(=O)O)C(C)C. The van der Waals surface area contributed by atoms with E-state index >= 15 is 0 Å². The highest BCUT2D eigenvalue weighted by molar-refractivity contribution is 7.95. The molecule has 0 saturated heterocycles. The van der Waals surface area contributed by atoms with Crippen LogP contribution in [0.2, 0.25) is 0 Å². The van der Waals surface area contributed by atoms with Crippen molar-refractivity contribution in [3.05, 3.63) is 0 Å². The number of rotatable bonds is 7. The van der Waals surface area contributed by atoms with Crippen LogP contribution in [0.25, 0.3) is 0 Å². The van der Waals surface area contributed by atoms with Crippen LogP contribution in [0, 0.1) is 5.92 Å². The summed E-state index contributed by atoms with van der Waals surface area (Å²) >= 11 is 0. The van der Waals surface area contributed by atoms with Gasteiger partial charge in [-0.1, -0.05) is 20.8 Å². The Morgan fingerprint density at radius 2 is 1.59 bits per heavy atom. The summed E-state index contributed by atoms with van der Waals surface area (Å²) in [7, 11) is -7.35. The van der Waals surface area contributed by atoms with E-state index in [-0.39, 0.29) is 5.75 Å². The van der Waals surface area contributed by atoms with Crippen molar-refractivity contribution in [2.45, 2.75) is 26.0 Å². The largest absolute Gasteiger partial charge is 0.480 e. The van der Waals surface area contributed by atoms with Gasteiger partial charge in [0.05, 0.1) is 11.5 Å². The molecule has 6 nitrogen and oxygen atoms in total.